The molecule has 1 aromatic heterocycles. The molecule has 3 N–H and O–H groups in total. The largest absolute Gasteiger partial charge is 0.497 e. The van der Waals surface area contributed by atoms with Crippen molar-refractivity contribution in [2.24, 2.45) is 11.7 Å². The van der Waals surface area contributed by atoms with Gasteiger partial charge < -0.3 is 25.2 Å². The Hall–Kier alpha value is -2.87. The van der Waals surface area contributed by atoms with E-state index in [1.165, 1.54) is 4.90 Å². The van der Waals surface area contributed by atoms with Crippen molar-refractivity contribution in [3.63, 3.8) is 0 Å². The number of fused-ring (bicyclic) bond motifs is 1. The Balaban J connectivity index is 1.83. The topological polar surface area (TPSA) is 115 Å². The van der Waals surface area contributed by atoms with Crippen molar-refractivity contribution in [1.29, 1.82) is 0 Å². The molecule has 150 valence electrons. The number of aliphatic hydroxyl groups excluding tert-OH is 1. The summed E-state index contributed by atoms with van der Waals surface area (Å²) in [5.74, 6) is -0.270. The summed E-state index contributed by atoms with van der Waals surface area (Å²) in [5, 5.41) is 11.8. The third-order valence-electron chi connectivity index (χ3n) is 4.97. The van der Waals surface area contributed by atoms with Crippen LogP contribution in [0.15, 0.2) is 30.5 Å². The van der Waals surface area contributed by atoms with Gasteiger partial charge in [-0.15, -0.1) is 0 Å². The fourth-order valence-corrected chi connectivity index (χ4v) is 3.36. The number of nitrogens with zero attached hydrogens (tertiary/aromatic N) is 2. The predicted octanol–water partition coefficient (Wildman–Crippen LogP) is 1.09. The summed E-state index contributed by atoms with van der Waals surface area (Å²) >= 11 is 0. The lowest BCUT2D eigenvalue weighted by atomic mass is 10.1. The highest BCUT2D eigenvalue weighted by atomic mass is 16.5. The normalized spacial score (nSPS) is 20.4. The number of amides is 2. The molecule has 0 radical (unpaired) electrons. The number of ether oxygens (including phenoxy) is 2. The van der Waals surface area contributed by atoms with Crippen molar-refractivity contribution in [1.82, 2.24) is 9.88 Å². The summed E-state index contributed by atoms with van der Waals surface area (Å²) in [7, 11) is 1.60. The third kappa shape index (κ3) is 3.87. The molecule has 0 aliphatic carbocycles. The molecule has 2 aromatic rings. The van der Waals surface area contributed by atoms with Crippen LogP contribution in [-0.4, -0.2) is 58.7 Å². The molecule has 3 atom stereocenters. The predicted molar refractivity (Wildman–Crippen MR) is 103 cm³/mol. The van der Waals surface area contributed by atoms with Gasteiger partial charge in [0.2, 0.25) is 11.8 Å². The molecule has 0 unspecified atom stereocenters. The van der Waals surface area contributed by atoms with E-state index in [1.807, 2.05) is 24.3 Å². The van der Waals surface area contributed by atoms with E-state index in [1.54, 1.807) is 27.2 Å². The van der Waals surface area contributed by atoms with Gasteiger partial charge in [-0.3, -0.25) is 9.59 Å². The summed E-state index contributed by atoms with van der Waals surface area (Å²) < 4.78 is 11.3. The summed E-state index contributed by atoms with van der Waals surface area (Å²) in [4.78, 5) is 30.0. The summed E-state index contributed by atoms with van der Waals surface area (Å²) in [6, 6.07) is 6.57. The standard InChI is InChI=1S/C20H25N3O5/c1-11(2)17(24)20(26)23-10-14(9-16(23)18(21)25)28-19-15-5-4-13(27-3)8-12(15)6-7-22-19/h4-8,11,14,16-17,24H,9-10H2,1-3H3,(H2,21,25)/t14-,16+,17+/m1/s1. The quantitative estimate of drug-likeness (QED) is 0.767. The lowest BCUT2D eigenvalue weighted by Gasteiger charge is -2.26. The van der Waals surface area contributed by atoms with E-state index >= 15 is 0 Å². The molecule has 1 aromatic carbocycles. The molecule has 1 fully saturated rings. The first-order valence-corrected chi connectivity index (χ1v) is 9.19. The Labute approximate surface area is 163 Å². The van der Waals surface area contributed by atoms with E-state index in [2.05, 4.69) is 4.98 Å². The number of pyridine rings is 1. The molecule has 2 amide bonds. The molecule has 1 saturated heterocycles. The monoisotopic (exact) mass is 387 g/mol. The van der Waals surface area contributed by atoms with E-state index < -0.39 is 30.1 Å². The van der Waals surface area contributed by atoms with Gasteiger partial charge >= 0.3 is 0 Å². The number of likely N-dealkylation sites (tertiary alicyclic amines) is 1. The van der Waals surface area contributed by atoms with Crippen LogP contribution in [0.25, 0.3) is 10.8 Å². The highest BCUT2D eigenvalue weighted by Gasteiger charge is 2.42. The van der Waals surface area contributed by atoms with Crippen molar-refractivity contribution in [2.45, 2.75) is 38.5 Å². The molecular formula is C20H25N3O5. The lowest BCUT2D eigenvalue weighted by molar-refractivity contribution is -0.146. The molecule has 0 saturated carbocycles. The molecular weight excluding hydrogens is 362 g/mol. The number of carbonyl (C=O) groups excluding carboxylic acids is 2. The number of rotatable bonds is 6. The molecule has 8 nitrogen and oxygen atoms in total. The Morgan fingerprint density at radius 3 is 2.71 bits per heavy atom. The highest BCUT2D eigenvalue weighted by Crippen LogP contribution is 2.30. The maximum absolute atomic E-state index is 12.6. The Bertz CT molecular complexity index is 885. The van der Waals surface area contributed by atoms with Gasteiger partial charge in [0.15, 0.2) is 0 Å². The van der Waals surface area contributed by atoms with E-state index in [0.29, 0.717) is 5.88 Å². The maximum Gasteiger partial charge on any atom is 0.252 e. The summed E-state index contributed by atoms with van der Waals surface area (Å²) in [6.07, 6.45) is 0.230. The number of nitrogens with two attached hydrogens (primary N) is 1. The summed E-state index contributed by atoms with van der Waals surface area (Å²) in [6.45, 7) is 3.63. The van der Waals surface area contributed by atoms with Gasteiger partial charge in [-0.1, -0.05) is 13.8 Å². The molecule has 0 bridgehead atoms. The van der Waals surface area contributed by atoms with E-state index in [9.17, 15) is 14.7 Å². The third-order valence-corrected chi connectivity index (χ3v) is 4.97. The second-order valence-electron chi connectivity index (χ2n) is 7.28. The number of aromatic nitrogens is 1. The Kier molecular flexibility index (Phi) is 5.69. The van der Waals surface area contributed by atoms with Crippen molar-refractivity contribution < 1.29 is 24.2 Å². The SMILES string of the molecule is COc1ccc2c(O[C@@H]3C[C@@H](C(N)=O)N(C(=O)[C@@H](O)C(C)C)C3)nccc2c1. The first-order chi connectivity index (χ1) is 13.3. The zero-order valence-electron chi connectivity index (χ0n) is 16.2. The number of carbonyl (C=O) groups is 2. The molecule has 3 rings (SSSR count). The molecule has 8 heteroatoms. The average Bonchev–Trinajstić information content (AvgIpc) is 3.10. The van der Waals surface area contributed by atoms with Crippen LogP contribution in [0, 0.1) is 5.92 Å². The summed E-state index contributed by atoms with van der Waals surface area (Å²) in [5.41, 5.74) is 5.48. The van der Waals surface area contributed by atoms with Crippen molar-refractivity contribution >= 4 is 22.6 Å². The number of methoxy groups -OCH3 is 1. The number of aliphatic hydroxyl groups is 1. The van der Waals surface area contributed by atoms with Crippen LogP contribution in [0.3, 0.4) is 0 Å². The van der Waals surface area contributed by atoms with Crippen LogP contribution in [0.4, 0.5) is 0 Å². The zero-order chi connectivity index (χ0) is 20.4. The molecule has 0 spiro atoms. The average molecular weight is 387 g/mol. The van der Waals surface area contributed by atoms with E-state index in [0.717, 1.165) is 16.5 Å². The first kappa shape index (κ1) is 19.9. The van der Waals surface area contributed by atoms with Gasteiger partial charge in [0.25, 0.3) is 5.91 Å². The van der Waals surface area contributed by atoms with Crippen molar-refractivity contribution in [2.75, 3.05) is 13.7 Å². The Morgan fingerprint density at radius 2 is 2.07 bits per heavy atom. The first-order valence-electron chi connectivity index (χ1n) is 9.19. The maximum atomic E-state index is 12.6. The smallest absolute Gasteiger partial charge is 0.252 e. The van der Waals surface area contributed by atoms with Crippen molar-refractivity contribution in [3.05, 3.63) is 30.5 Å². The van der Waals surface area contributed by atoms with E-state index in [-0.39, 0.29) is 18.9 Å². The fourth-order valence-electron chi connectivity index (χ4n) is 3.36. The van der Waals surface area contributed by atoms with Crippen LogP contribution in [0.1, 0.15) is 20.3 Å². The minimum atomic E-state index is -1.19. The molecule has 1 aliphatic rings. The lowest BCUT2D eigenvalue weighted by Crippen LogP contribution is -2.49. The second-order valence-corrected chi connectivity index (χ2v) is 7.28. The van der Waals surface area contributed by atoms with Gasteiger partial charge in [-0.05, 0) is 35.6 Å². The van der Waals surface area contributed by atoms with Crippen molar-refractivity contribution in [3.8, 4) is 11.6 Å². The van der Waals surface area contributed by atoms with Crippen LogP contribution in [0.2, 0.25) is 0 Å². The van der Waals surface area contributed by atoms with Gasteiger partial charge in [-0.25, -0.2) is 4.98 Å². The zero-order valence-corrected chi connectivity index (χ0v) is 16.2. The Morgan fingerprint density at radius 1 is 1.32 bits per heavy atom. The number of hydrogen-bond acceptors (Lipinski definition) is 6. The minimum Gasteiger partial charge on any atom is -0.497 e. The van der Waals surface area contributed by atoms with E-state index in [4.69, 9.17) is 15.2 Å². The van der Waals surface area contributed by atoms with Gasteiger partial charge in [0.05, 0.1) is 13.7 Å². The number of primary amides is 1. The van der Waals surface area contributed by atoms with Gasteiger partial charge in [0.1, 0.15) is 24.0 Å². The van der Waals surface area contributed by atoms with Crippen LogP contribution >= 0.6 is 0 Å². The highest BCUT2D eigenvalue weighted by molar-refractivity contribution is 5.90. The van der Waals surface area contributed by atoms with Gasteiger partial charge in [0, 0.05) is 18.0 Å². The molecule has 1 aliphatic heterocycles. The fraction of sp³-hybridized carbons (Fsp3) is 0.450. The number of hydrogen-bond donors (Lipinski definition) is 2. The molecule has 2 heterocycles. The van der Waals surface area contributed by atoms with Crippen LogP contribution in [0.5, 0.6) is 11.6 Å². The molecule has 28 heavy (non-hydrogen) atoms. The minimum absolute atomic E-state index is 0.157. The second kappa shape index (κ2) is 8.02. The van der Waals surface area contributed by atoms with Crippen LogP contribution < -0.4 is 15.2 Å². The van der Waals surface area contributed by atoms with Crippen LogP contribution in [-0.2, 0) is 9.59 Å². The van der Waals surface area contributed by atoms with Gasteiger partial charge in [-0.2, -0.15) is 0 Å². The number of benzene rings is 1.